The highest BCUT2D eigenvalue weighted by atomic mass is 19.1. The number of anilines is 2. The van der Waals surface area contributed by atoms with Crippen LogP contribution in [0.5, 0.6) is 0 Å². The van der Waals surface area contributed by atoms with Crippen LogP contribution in [-0.2, 0) is 11.3 Å². The number of aryl methyl sites for hydroxylation is 2. The number of aliphatic hydroxyl groups is 1. The third kappa shape index (κ3) is 4.29. The van der Waals surface area contributed by atoms with Gasteiger partial charge in [0.2, 0.25) is 5.43 Å². The molecule has 1 fully saturated rings. The summed E-state index contributed by atoms with van der Waals surface area (Å²) in [6.07, 6.45) is 0.548. The van der Waals surface area contributed by atoms with Crippen LogP contribution in [0.3, 0.4) is 0 Å². The zero-order valence-corrected chi connectivity index (χ0v) is 20.2. The number of fused-ring (bicyclic) bond motifs is 1. The summed E-state index contributed by atoms with van der Waals surface area (Å²) < 4.78 is 37.1. The van der Waals surface area contributed by atoms with Crippen molar-refractivity contribution in [2.24, 2.45) is 0 Å². The number of aromatic nitrogens is 2. The summed E-state index contributed by atoms with van der Waals surface area (Å²) in [7, 11) is 0. The van der Waals surface area contributed by atoms with Gasteiger partial charge >= 0.3 is 5.97 Å². The monoisotopic (exact) mass is 506 g/mol. The molecule has 0 radical (unpaired) electrons. The van der Waals surface area contributed by atoms with Gasteiger partial charge in [0.05, 0.1) is 22.7 Å². The first-order chi connectivity index (χ1) is 17.7. The van der Waals surface area contributed by atoms with Crippen LogP contribution in [0.2, 0.25) is 0 Å². The summed E-state index contributed by atoms with van der Waals surface area (Å²) in [5.41, 5.74) is 6.56. The smallest absolute Gasteiger partial charge is 0.344 e. The Hall–Kier alpha value is -4.31. The number of nitrogens with zero attached hydrogens (tertiary/aromatic N) is 3. The number of esters is 1. The molecule has 4 aromatic rings. The van der Waals surface area contributed by atoms with Crippen LogP contribution < -0.4 is 16.1 Å². The SMILES string of the molecule is Cc1cc(F)c(-n2cc(C(=O)OCc3ccccc3)c(=O)c3cc(F)c(N4CC(O)C4)c(C)c32)nc1N. The lowest BCUT2D eigenvalue weighted by Crippen LogP contribution is -2.51. The molecule has 2 aromatic carbocycles. The largest absolute Gasteiger partial charge is 0.457 e. The number of nitrogens with two attached hydrogens (primary N) is 1. The Balaban J connectivity index is 1.72. The van der Waals surface area contributed by atoms with Crippen molar-refractivity contribution in [3.05, 3.63) is 92.8 Å². The van der Waals surface area contributed by atoms with Gasteiger partial charge in [-0.3, -0.25) is 9.36 Å². The topological polar surface area (TPSA) is 111 Å². The van der Waals surface area contributed by atoms with E-state index in [1.165, 1.54) is 10.6 Å². The van der Waals surface area contributed by atoms with Gasteiger partial charge in [-0.05, 0) is 37.1 Å². The number of halogens is 2. The van der Waals surface area contributed by atoms with Gasteiger partial charge in [-0.25, -0.2) is 18.6 Å². The second-order valence-electron chi connectivity index (χ2n) is 9.09. The Morgan fingerprint density at radius 3 is 2.54 bits per heavy atom. The van der Waals surface area contributed by atoms with E-state index in [9.17, 15) is 14.7 Å². The standard InChI is InChI=1S/C27H24F2N4O4/c1-14-8-21(29)26(31-25(14)30)33-12-19(27(36)37-13-16-6-4-3-5-7-16)24(35)18-9-20(28)23(15(2)22(18)33)32-10-17(34)11-32/h3-9,12,17,34H,10-11,13H2,1-2H3,(H2,30,31). The fraction of sp³-hybridized carbons (Fsp3) is 0.222. The molecule has 5 rings (SSSR count). The highest BCUT2D eigenvalue weighted by Crippen LogP contribution is 2.34. The van der Waals surface area contributed by atoms with Gasteiger partial charge in [-0.2, -0.15) is 0 Å². The Kier molecular flexibility index (Phi) is 6.12. The first-order valence-corrected chi connectivity index (χ1v) is 11.6. The number of carbonyl (C=O) groups excluding carboxylic acids is 1. The van der Waals surface area contributed by atoms with E-state index in [4.69, 9.17) is 10.5 Å². The van der Waals surface area contributed by atoms with Gasteiger partial charge in [-0.15, -0.1) is 0 Å². The van der Waals surface area contributed by atoms with Crippen LogP contribution in [0.4, 0.5) is 20.3 Å². The number of nitrogen functional groups attached to an aromatic ring is 1. The lowest BCUT2D eigenvalue weighted by atomic mass is 10.0. The Morgan fingerprint density at radius 1 is 1.16 bits per heavy atom. The number of ether oxygens (including phenoxy) is 1. The quantitative estimate of drug-likeness (QED) is 0.399. The van der Waals surface area contributed by atoms with Crippen LogP contribution in [0.25, 0.3) is 16.7 Å². The Morgan fingerprint density at radius 2 is 1.86 bits per heavy atom. The molecule has 8 nitrogen and oxygen atoms in total. The van der Waals surface area contributed by atoms with E-state index in [2.05, 4.69) is 4.98 Å². The highest BCUT2D eigenvalue weighted by Gasteiger charge is 2.31. The summed E-state index contributed by atoms with van der Waals surface area (Å²) in [6, 6.07) is 11.1. The molecular weight excluding hydrogens is 482 g/mol. The van der Waals surface area contributed by atoms with Gasteiger partial charge in [-0.1, -0.05) is 30.3 Å². The number of aliphatic hydroxyl groups excluding tert-OH is 1. The normalized spacial score (nSPS) is 13.6. The van der Waals surface area contributed by atoms with Crippen molar-refractivity contribution >= 4 is 28.4 Å². The summed E-state index contributed by atoms with van der Waals surface area (Å²) in [6.45, 7) is 3.51. The fourth-order valence-corrected chi connectivity index (χ4v) is 4.53. The van der Waals surface area contributed by atoms with Crippen molar-refractivity contribution in [3.63, 3.8) is 0 Å². The minimum absolute atomic E-state index is 0.0577. The van der Waals surface area contributed by atoms with E-state index in [1.54, 1.807) is 43.0 Å². The van der Waals surface area contributed by atoms with E-state index >= 15 is 8.78 Å². The Bertz CT molecular complexity index is 1600. The molecule has 190 valence electrons. The molecule has 2 aromatic heterocycles. The van der Waals surface area contributed by atoms with Crippen LogP contribution in [0.15, 0.2) is 53.5 Å². The van der Waals surface area contributed by atoms with Gasteiger partial charge < -0.3 is 20.5 Å². The fourth-order valence-electron chi connectivity index (χ4n) is 4.53. The van der Waals surface area contributed by atoms with Crippen molar-refractivity contribution in [1.82, 2.24) is 9.55 Å². The minimum Gasteiger partial charge on any atom is -0.457 e. The molecule has 1 aliphatic heterocycles. The number of rotatable bonds is 5. The average molecular weight is 507 g/mol. The summed E-state index contributed by atoms with van der Waals surface area (Å²) in [4.78, 5) is 32.2. The van der Waals surface area contributed by atoms with Crippen molar-refractivity contribution in [2.75, 3.05) is 23.7 Å². The molecule has 0 atom stereocenters. The predicted molar refractivity (Wildman–Crippen MR) is 135 cm³/mol. The highest BCUT2D eigenvalue weighted by molar-refractivity contribution is 5.96. The van der Waals surface area contributed by atoms with Gasteiger partial charge in [0, 0.05) is 24.8 Å². The van der Waals surface area contributed by atoms with Gasteiger partial charge in [0.15, 0.2) is 11.6 Å². The van der Waals surface area contributed by atoms with Crippen molar-refractivity contribution in [2.45, 2.75) is 26.6 Å². The lowest BCUT2D eigenvalue weighted by molar-refractivity contribution is 0.0470. The molecule has 0 bridgehead atoms. The van der Waals surface area contributed by atoms with E-state index in [-0.39, 0.29) is 47.9 Å². The molecule has 37 heavy (non-hydrogen) atoms. The van der Waals surface area contributed by atoms with Crippen molar-refractivity contribution in [3.8, 4) is 5.82 Å². The van der Waals surface area contributed by atoms with Crippen LogP contribution in [0, 0.1) is 25.5 Å². The third-order valence-corrected chi connectivity index (χ3v) is 6.48. The zero-order chi connectivity index (χ0) is 26.4. The summed E-state index contributed by atoms with van der Waals surface area (Å²) in [5, 5.41) is 9.59. The number of hydrogen-bond donors (Lipinski definition) is 2. The maximum Gasteiger partial charge on any atom is 0.344 e. The van der Waals surface area contributed by atoms with Gasteiger partial charge in [0.25, 0.3) is 0 Å². The minimum atomic E-state index is -0.946. The number of benzene rings is 2. The average Bonchev–Trinajstić information content (AvgIpc) is 2.85. The number of β-amino-alcohol motifs (C(OH)–C–C–N with tert-alkyl or cyclic N) is 1. The summed E-state index contributed by atoms with van der Waals surface area (Å²) in [5.74, 6) is -2.59. The number of pyridine rings is 2. The molecule has 10 heteroatoms. The number of hydrogen-bond acceptors (Lipinski definition) is 7. The van der Waals surface area contributed by atoms with E-state index in [0.29, 0.717) is 16.7 Å². The molecule has 3 N–H and O–H groups in total. The third-order valence-electron chi connectivity index (χ3n) is 6.48. The molecule has 0 aliphatic carbocycles. The van der Waals surface area contributed by atoms with Crippen molar-refractivity contribution in [1.29, 1.82) is 0 Å². The summed E-state index contributed by atoms with van der Waals surface area (Å²) >= 11 is 0. The van der Waals surface area contributed by atoms with E-state index in [0.717, 1.165) is 12.3 Å². The maximum absolute atomic E-state index is 15.3. The maximum atomic E-state index is 15.3. The second-order valence-corrected chi connectivity index (χ2v) is 9.09. The molecule has 3 heterocycles. The van der Waals surface area contributed by atoms with E-state index < -0.39 is 34.7 Å². The van der Waals surface area contributed by atoms with Crippen molar-refractivity contribution < 1.29 is 23.4 Å². The molecular formula is C27H24F2N4O4. The molecule has 0 saturated carbocycles. The number of carbonyl (C=O) groups is 1. The second kappa shape index (κ2) is 9.29. The Labute approximate surface area is 210 Å². The first kappa shape index (κ1) is 24.4. The van der Waals surface area contributed by atoms with Crippen LogP contribution in [0.1, 0.15) is 27.0 Å². The van der Waals surface area contributed by atoms with Gasteiger partial charge in [0.1, 0.15) is 23.8 Å². The van der Waals surface area contributed by atoms with Crippen LogP contribution in [-0.4, -0.2) is 39.8 Å². The molecule has 0 spiro atoms. The van der Waals surface area contributed by atoms with Crippen LogP contribution >= 0.6 is 0 Å². The predicted octanol–water partition coefficient (Wildman–Crippen LogP) is 3.40. The molecule has 0 unspecified atom stereocenters. The molecule has 0 amide bonds. The lowest BCUT2D eigenvalue weighted by Gasteiger charge is -2.39. The first-order valence-electron chi connectivity index (χ1n) is 11.6. The molecule has 1 aliphatic rings. The molecule has 1 saturated heterocycles. The van der Waals surface area contributed by atoms with E-state index in [1.807, 2.05) is 6.07 Å². The zero-order valence-electron chi connectivity index (χ0n) is 20.2.